The number of nitrogens with one attached hydrogen (secondary N) is 1. The molecule has 3 aromatic rings. The number of halogens is 1. The van der Waals surface area contributed by atoms with E-state index in [2.05, 4.69) is 5.32 Å². The van der Waals surface area contributed by atoms with Crippen LogP contribution in [0.3, 0.4) is 0 Å². The number of furan rings is 1. The van der Waals surface area contributed by atoms with Crippen molar-refractivity contribution in [3.63, 3.8) is 0 Å². The van der Waals surface area contributed by atoms with Gasteiger partial charge in [0.2, 0.25) is 0 Å². The molecule has 26 heavy (non-hydrogen) atoms. The van der Waals surface area contributed by atoms with Crippen LogP contribution in [0.4, 0.5) is 10.1 Å². The highest BCUT2D eigenvalue weighted by Crippen LogP contribution is 2.20. The summed E-state index contributed by atoms with van der Waals surface area (Å²) >= 11 is 0. The van der Waals surface area contributed by atoms with Gasteiger partial charge < -0.3 is 9.73 Å². The Balaban J connectivity index is 1.74. The predicted molar refractivity (Wildman–Crippen MR) is 95.1 cm³/mol. The van der Waals surface area contributed by atoms with Gasteiger partial charge in [0.15, 0.2) is 15.6 Å². The van der Waals surface area contributed by atoms with E-state index in [0.717, 1.165) is 0 Å². The smallest absolute Gasteiger partial charge is 0.291 e. The SMILES string of the molecule is Cc1cc(F)ccc1NC(=O)c1ccc(CS(=O)(=O)c2ccccc2)o1. The number of aryl methyl sites for hydroxylation is 1. The van der Waals surface area contributed by atoms with Crippen molar-refractivity contribution in [1.82, 2.24) is 0 Å². The highest BCUT2D eigenvalue weighted by atomic mass is 32.2. The largest absolute Gasteiger partial charge is 0.455 e. The zero-order chi connectivity index (χ0) is 18.7. The van der Waals surface area contributed by atoms with Gasteiger partial charge in [0.25, 0.3) is 5.91 Å². The van der Waals surface area contributed by atoms with Crippen LogP contribution in [0, 0.1) is 12.7 Å². The van der Waals surface area contributed by atoms with E-state index in [1.807, 2.05) is 0 Å². The van der Waals surface area contributed by atoms with E-state index in [1.54, 1.807) is 25.1 Å². The first-order valence-electron chi connectivity index (χ1n) is 7.79. The summed E-state index contributed by atoms with van der Waals surface area (Å²) in [6, 6.07) is 14.9. The molecule has 0 fully saturated rings. The molecular weight excluding hydrogens is 357 g/mol. The van der Waals surface area contributed by atoms with Gasteiger partial charge in [-0.1, -0.05) is 18.2 Å². The molecule has 134 valence electrons. The first-order valence-corrected chi connectivity index (χ1v) is 9.44. The third-order valence-corrected chi connectivity index (χ3v) is 5.41. The van der Waals surface area contributed by atoms with Crippen LogP contribution in [0.25, 0.3) is 0 Å². The van der Waals surface area contributed by atoms with Crippen molar-refractivity contribution < 1.29 is 22.0 Å². The molecule has 7 heteroatoms. The summed E-state index contributed by atoms with van der Waals surface area (Å²) in [5, 5.41) is 2.61. The van der Waals surface area contributed by atoms with Crippen LogP contribution in [0.1, 0.15) is 21.9 Å². The Morgan fingerprint density at radius 3 is 2.50 bits per heavy atom. The van der Waals surface area contributed by atoms with Crippen LogP contribution in [0.5, 0.6) is 0 Å². The number of sulfone groups is 1. The second-order valence-electron chi connectivity index (χ2n) is 5.75. The van der Waals surface area contributed by atoms with E-state index in [4.69, 9.17) is 4.42 Å². The summed E-state index contributed by atoms with van der Waals surface area (Å²) in [4.78, 5) is 12.4. The highest BCUT2D eigenvalue weighted by Gasteiger charge is 2.19. The highest BCUT2D eigenvalue weighted by molar-refractivity contribution is 7.90. The molecule has 0 aliphatic rings. The van der Waals surface area contributed by atoms with Gasteiger partial charge in [-0.15, -0.1) is 0 Å². The van der Waals surface area contributed by atoms with Gasteiger partial charge in [0.1, 0.15) is 17.3 Å². The summed E-state index contributed by atoms with van der Waals surface area (Å²) in [6.07, 6.45) is 0. The lowest BCUT2D eigenvalue weighted by Gasteiger charge is -2.07. The molecule has 0 unspecified atom stereocenters. The second kappa shape index (κ2) is 7.13. The number of carbonyl (C=O) groups is 1. The standard InChI is InChI=1S/C19H16FNO4S/c1-13-11-14(20)7-9-17(13)21-19(22)18-10-8-15(25-18)12-26(23,24)16-5-3-2-4-6-16/h2-11H,12H2,1H3,(H,21,22). The molecular formula is C19H16FNO4S. The van der Waals surface area contributed by atoms with Gasteiger partial charge in [0, 0.05) is 5.69 Å². The summed E-state index contributed by atoms with van der Waals surface area (Å²) in [5.41, 5.74) is 1.02. The topological polar surface area (TPSA) is 76.4 Å². The Kier molecular flexibility index (Phi) is 4.90. The number of anilines is 1. The maximum absolute atomic E-state index is 13.1. The fraction of sp³-hybridized carbons (Fsp3) is 0.105. The molecule has 0 saturated heterocycles. The number of hydrogen-bond acceptors (Lipinski definition) is 4. The average Bonchev–Trinajstić information content (AvgIpc) is 3.06. The Labute approximate surface area is 150 Å². The third-order valence-electron chi connectivity index (χ3n) is 3.76. The first-order chi connectivity index (χ1) is 12.3. The molecule has 0 spiro atoms. The zero-order valence-electron chi connectivity index (χ0n) is 13.9. The molecule has 1 aromatic heterocycles. The number of carbonyl (C=O) groups excluding carboxylic acids is 1. The van der Waals surface area contributed by atoms with Crippen molar-refractivity contribution in [2.45, 2.75) is 17.6 Å². The minimum atomic E-state index is -3.56. The predicted octanol–water partition coefficient (Wildman–Crippen LogP) is 3.95. The zero-order valence-corrected chi connectivity index (χ0v) is 14.7. The normalized spacial score (nSPS) is 11.3. The van der Waals surface area contributed by atoms with Crippen LogP contribution in [0.2, 0.25) is 0 Å². The summed E-state index contributed by atoms with van der Waals surface area (Å²) in [6.45, 7) is 1.67. The van der Waals surface area contributed by atoms with Gasteiger partial charge in [0.05, 0.1) is 4.90 Å². The van der Waals surface area contributed by atoms with Gasteiger partial charge in [-0.05, 0) is 55.0 Å². The maximum atomic E-state index is 13.1. The van der Waals surface area contributed by atoms with Crippen LogP contribution in [-0.4, -0.2) is 14.3 Å². The van der Waals surface area contributed by atoms with Gasteiger partial charge >= 0.3 is 0 Å². The van der Waals surface area contributed by atoms with E-state index in [1.165, 1.54) is 42.5 Å². The van der Waals surface area contributed by atoms with E-state index in [-0.39, 0.29) is 22.2 Å². The fourth-order valence-corrected chi connectivity index (χ4v) is 3.70. The molecule has 0 aliphatic carbocycles. The number of benzene rings is 2. The van der Waals surface area contributed by atoms with E-state index in [0.29, 0.717) is 11.3 Å². The van der Waals surface area contributed by atoms with Gasteiger partial charge in [-0.25, -0.2) is 12.8 Å². The first kappa shape index (κ1) is 17.9. The van der Waals surface area contributed by atoms with Crippen molar-refractivity contribution in [1.29, 1.82) is 0 Å². The summed E-state index contributed by atoms with van der Waals surface area (Å²) in [7, 11) is -3.56. The molecule has 5 nitrogen and oxygen atoms in total. The van der Waals surface area contributed by atoms with Crippen molar-refractivity contribution in [2.75, 3.05) is 5.32 Å². The molecule has 1 N–H and O–H groups in total. The molecule has 0 atom stereocenters. The molecule has 1 heterocycles. The molecule has 0 aliphatic heterocycles. The number of rotatable bonds is 5. The fourth-order valence-electron chi connectivity index (χ4n) is 2.43. The van der Waals surface area contributed by atoms with Crippen molar-refractivity contribution >= 4 is 21.4 Å². The molecule has 0 saturated carbocycles. The maximum Gasteiger partial charge on any atom is 0.291 e. The van der Waals surface area contributed by atoms with Crippen LogP contribution >= 0.6 is 0 Å². The quantitative estimate of drug-likeness (QED) is 0.735. The minimum Gasteiger partial charge on any atom is -0.455 e. The number of hydrogen-bond donors (Lipinski definition) is 1. The molecule has 1 amide bonds. The third kappa shape index (κ3) is 4.00. The lowest BCUT2D eigenvalue weighted by Crippen LogP contribution is -2.12. The number of amides is 1. The van der Waals surface area contributed by atoms with Crippen LogP contribution in [0.15, 0.2) is 70.0 Å². The molecule has 3 rings (SSSR count). The van der Waals surface area contributed by atoms with Crippen molar-refractivity contribution in [2.24, 2.45) is 0 Å². The lowest BCUT2D eigenvalue weighted by atomic mass is 10.2. The Hall–Kier alpha value is -2.93. The van der Waals surface area contributed by atoms with E-state index in [9.17, 15) is 17.6 Å². The van der Waals surface area contributed by atoms with Gasteiger partial charge in [-0.3, -0.25) is 4.79 Å². The molecule has 2 aromatic carbocycles. The average molecular weight is 373 g/mol. The van der Waals surface area contributed by atoms with Gasteiger partial charge in [-0.2, -0.15) is 0 Å². The summed E-state index contributed by atoms with van der Waals surface area (Å²) < 4.78 is 43.2. The second-order valence-corrected chi connectivity index (χ2v) is 7.74. The van der Waals surface area contributed by atoms with Crippen LogP contribution < -0.4 is 5.32 Å². The van der Waals surface area contributed by atoms with E-state index >= 15 is 0 Å². The van der Waals surface area contributed by atoms with Crippen LogP contribution in [-0.2, 0) is 15.6 Å². The minimum absolute atomic E-state index is 0.0213. The molecule has 0 bridgehead atoms. The van der Waals surface area contributed by atoms with Crippen molar-refractivity contribution in [3.8, 4) is 0 Å². The Morgan fingerprint density at radius 1 is 1.08 bits per heavy atom. The Bertz CT molecular complexity index is 1040. The monoisotopic (exact) mass is 373 g/mol. The van der Waals surface area contributed by atoms with E-state index < -0.39 is 21.6 Å². The summed E-state index contributed by atoms with van der Waals surface area (Å²) in [5.74, 6) is -1.14. The molecule has 0 radical (unpaired) electrons. The lowest BCUT2D eigenvalue weighted by molar-refractivity contribution is 0.0995. The van der Waals surface area contributed by atoms with Crippen molar-refractivity contribution in [3.05, 3.63) is 83.6 Å². The Morgan fingerprint density at radius 2 is 1.81 bits per heavy atom.